The van der Waals surface area contributed by atoms with Gasteiger partial charge in [0.2, 0.25) is 0 Å². The summed E-state index contributed by atoms with van der Waals surface area (Å²) < 4.78 is 26.9. The summed E-state index contributed by atoms with van der Waals surface area (Å²) in [5.41, 5.74) is 1.24. The normalized spacial score (nSPS) is 26.0. The van der Waals surface area contributed by atoms with Crippen LogP contribution in [-0.2, 0) is 29.5 Å². The minimum atomic E-state index is -2.99. The van der Waals surface area contributed by atoms with Gasteiger partial charge in [0, 0.05) is 50.7 Å². The van der Waals surface area contributed by atoms with E-state index in [9.17, 15) is 8.42 Å². The monoisotopic (exact) mass is 374 g/mol. The first kappa shape index (κ1) is 17.7. The molecule has 2 aromatic rings. The van der Waals surface area contributed by atoms with Crippen LogP contribution in [0.4, 0.5) is 0 Å². The topological polar surface area (TPSA) is 58.4 Å². The number of imidazole rings is 1. The van der Waals surface area contributed by atoms with Crippen molar-refractivity contribution in [3.63, 3.8) is 0 Å². The number of piperazine rings is 1. The summed E-state index contributed by atoms with van der Waals surface area (Å²) in [7, 11) is -2.99. The highest BCUT2D eigenvalue weighted by Crippen LogP contribution is 2.29. The van der Waals surface area contributed by atoms with Crippen molar-refractivity contribution in [1.29, 1.82) is 0 Å². The Morgan fingerprint density at radius 2 is 1.69 bits per heavy atom. The lowest BCUT2D eigenvalue weighted by molar-refractivity contribution is 0.0334. The van der Waals surface area contributed by atoms with Crippen LogP contribution in [0.25, 0.3) is 0 Å². The highest BCUT2D eigenvalue weighted by atomic mass is 32.2. The van der Waals surface area contributed by atoms with E-state index in [0.717, 1.165) is 38.5 Å². The zero-order valence-corrected chi connectivity index (χ0v) is 16.0. The Bertz CT molecular complexity index is 849. The highest BCUT2D eigenvalue weighted by molar-refractivity contribution is 7.91. The van der Waals surface area contributed by atoms with Crippen LogP contribution in [0.5, 0.6) is 0 Å². The third-order valence-corrected chi connectivity index (χ3v) is 7.32. The number of benzene rings is 1. The minimum Gasteiger partial charge on any atom is -0.334 e. The van der Waals surface area contributed by atoms with E-state index < -0.39 is 9.84 Å². The fourth-order valence-electron chi connectivity index (χ4n) is 4.27. The van der Waals surface area contributed by atoms with E-state index in [4.69, 9.17) is 0 Å². The molecule has 140 valence electrons. The predicted molar refractivity (Wildman–Crippen MR) is 101 cm³/mol. The standard InChI is InChI=1S/C19H26N4O2S/c1-2-21-9-8-20-19(21)13-23-11-10-22(12-16-6-4-3-5-7-16)17-14-26(24,25)15-18(17)23/h3-9,17-18H,2,10-15H2,1H3/t17-,18+/m1/s1. The molecule has 0 N–H and O–H groups in total. The average Bonchev–Trinajstić information content (AvgIpc) is 3.21. The third-order valence-electron chi connectivity index (χ3n) is 5.62. The van der Waals surface area contributed by atoms with E-state index in [2.05, 4.69) is 38.4 Å². The molecule has 0 radical (unpaired) electrons. The molecule has 1 aromatic heterocycles. The first-order valence-corrected chi connectivity index (χ1v) is 11.1. The van der Waals surface area contributed by atoms with Crippen molar-refractivity contribution < 1.29 is 8.42 Å². The molecule has 6 nitrogen and oxygen atoms in total. The van der Waals surface area contributed by atoms with Crippen LogP contribution in [0.15, 0.2) is 42.7 Å². The van der Waals surface area contributed by atoms with Crippen molar-refractivity contribution in [1.82, 2.24) is 19.4 Å². The fourth-order valence-corrected chi connectivity index (χ4v) is 6.31. The molecule has 4 rings (SSSR count). The molecule has 0 bridgehead atoms. The van der Waals surface area contributed by atoms with Gasteiger partial charge in [-0.2, -0.15) is 0 Å². The summed E-state index contributed by atoms with van der Waals surface area (Å²) in [4.78, 5) is 9.16. The maximum absolute atomic E-state index is 12.4. The number of aromatic nitrogens is 2. The Kier molecular flexibility index (Phi) is 4.86. The maximum Gasteiger partial charge on any atom is 0.153 e. The minimum absolute atomic E-state index is 0.0551. The van der Waals surface area contributed by atoms with Gasteiger partial charge in [0.1, 0.15) is 5.82 Å². The number of rotatable bonds is 5. The van der Waals surface area contributed by atoms with Crippen molar-refractivity contribution in [2.24, 2.45) is 0 Å². The molecule has 0 amide bonds. The number of sulfone groups is 1. The van der Waals surface area contributed by atoms with E-state index in [1.807, 2.05) is 30.6 Å². The summed E-state index contributed by atoms with van der Waals surface area (Å²) in [5, 5.41) is 0. The smallest absolute Gasteiger partial charge is 0.153 e. The zero-order chi connectivity index (χ0) is 18.1. The Hall–Kier alpha value is -1.70. The second kappa shape index (κ2) is 7.13. The van der Waals surface area contributed by atoms with Crippen LogP contribution in [0, 0.1) is 0 Å². The van der Waals surface area contributed by atoms with E-state index >= 15 is 0 Å². The molecule has 1 aromatic carbocycles. The molecule has 0 unspecified atom stereocenters. The number of nitrogens with zero attached hydrogens (tertiary/aromatic N) is 4. The molecule has 2 aliphatic heterocycles. The molecule has 0 saturated carbocycles. The quantitative estimate of drug-likeness (QED) is 0.792. The Labute approximate surface area is 155 Å². The van der Waals surface area contributed by atoms with Crippen molar-refractivity contribution in [3.8, 4) is 0 Å². The third kappa shape index (κ3) is 3.56. The van der Waals surface area contributed by atoms with Crippen LogP contribution >= 0.6 is 0 Å². The largest absolute Gasteiger partial charge is 0.334 e. The molecule has 7 heteroatoms. The number of hydrogen-bond acceptors (Lipinski definition) is 5. The summed E-state index contributed by atoms with van der Waals surface area (Å²) in [6, 6.07) is 10.4. The molecular formula is C19H26N4O2S. The first-order chi connectivity index (χ1) is 12.6. The lowest BCUT2D eigenvalue weighted by atomic mass is 10.0. The molecule has 2 atom stereocenters. The fraction of sp³-hybridized carbons (Fsp3) is 0.526. The number of fused-ring (bicyclic) bond motifs is 1. The maximum atomic E-state index is 12.4. The molecule has 26 heavy (non-hydrogen) atoms. The summed E-state index contributed by atoms with van der Waals surface area (Å²) in [6.45, 7) is 6.28. The highest BCUT2D eigenvalue weighted by Gasteiger charge is 2.46. The van der Waals surface area contributed by atoms with Gasteiger partial charge in [-0.15, -0.1) is 0 Å². The van der Waals surface area contributed by atoms with Crippen LogP contribution in [0.3, 0.4) is 0 Å². The van der Waals surface area contributed by atoms with Crippen LogP contribution in [0.2, 0.25) is 0 Å². The van der Waals surface area contributed by atoms with Crippen molar-refractivity contribution in [3.05, 3.63) is 54.1 Å². The molecule has 0 spiro atoms. The zero-order valence-electron chi connectivity index (χ0n) is 15.2. The van der Waals surface area contributed by atoms with Gasteiger partial charge in [0.15, 0.2) is 9.84 Å². The molecule has 2 fully saturated rings. The Morgan fingerprint density at radius 1 is 1.04 bits per heavy atom. The van der Waals surface area contributed by atoms with Gasteiger partial charge >= 0.3 is 0 Å². The molecule has 2 saturated heterocycles. The van der Waals surface area contributed by atoms with Crippen LogP contribution < -0.4 is 0 Å². The number of hydrogen-bond donors (Lipinski definition) is 0. The van der Waals surface area contributed by atoms with Gasteiger partial charge < -0.3 is 4.57 Å². The Morgan fingerprint density at radius 3 is 2.35 bits per heavy atom. The van der Waals surface area contributed by atoms with Crippen molar-refractivity contribution in [2.75, 3.05) is 24.6 Å². The van der Waals surface area contributed by atoms with Gasteiger partial charge in [-0.25, -0.2) is 13.4 Å². The van der Waals surface area contributed by atoms with Crippen molar-refractivity contribution >= 4 is 9.84 Å². The van der Waals surface area contributed by atoms with Gasteiger partial charge in [-0.1, -0.05) is 30.3 Å². The van der Waals surface area contributed by atoms with E-state index in [0.29, 0.717) is 0 Å². The van der Waals surface area contributed by atoms with Gasteiger partial charge in [-0.3, -0.25) is 9.80 Å². The van der Waals surface area contributed by atoms with Crippen LogP contribution in [0.1, 0.15) is 18.3 Å². The molecule has 0 aliphatic carbocycles. The number of aryl methyl sites for hydroxylation is 1. The lowest BCUT2D eigenvalue weighted by Crippen LogP contribution is -2.58. The van der Waals surface area contributed by atoms with Gasteiger partial charge in [0.25, 0.3) is 0 Å². The molecule has 3 heterocycles. The molecule has 2 aliphatic rings. The molecular weight excluding hydrogens is 348 g/mol. The van der Waals surface area contributed by atoms with Gasteiger partial charge in [-0.05, 0) is 12.5 Å². The van der Waals surface area contributed by atoms with E-state index in [-0.39, 0.29) is 23.6 Å². The van der Waals surface area contributed by atoms with Crippen molar-refractivity contribution in [2.45, 2.75) is 38.6 Å². The lowest BCUT2D eigenvalue weighted by Gasteiger charge is -2.43. The van der Waals surface area contributed by atoms with Gasteiger partial charge in [0.05, 0.1) is 18.1 Å². The summed E-state index contributed by atoms with van der Waals surface area (Å²) >= 11 is 0. The van der Waals surface area contributed by atoms with E-state index in [1.54, 1.807) is 0 Å². The summed E-state index contributed by atoms with van der Waals surface area (Å²) in [5.74, 6) is 1.55. The predicted octanol–water partition coefficient (Wildman–Crippen LogP) is 1.39. The summed E-state index contributed by atoms with van der Waals surface area (Å²) in [6.07, 6.45) is 3.82. The second-order valence-corrected chi connectivity index (χ2v) is 9.42. The Balaban J connectivity index is 1.54. The van der Waals surface area contributed by atoms with E-state index in [1.165, 1.54) is 5.56 Å². The van der Waals surface area contributed by atoms with Crippen LogP contribution in [-0.4, -0.2) is 64.4 Å². The SMILES string of the molecule is CCn1ccnc1CN1CCN(Cc2ccccc2)[C@@H]2CS(=O)(=O)C[C@@H]21. The second-order valence-electron chi connectivity index (χ2n) is 7.27. The first-order valence-electron chi connectivity index (χ1n) is 9.28. The average molecular weight is 375 g/mol.